The van der Waals surface area contributed by atoms with E-state index >= 15 is 0 Å². The summed E-state index contributed by atoms with van der Waals surface area (Å²) >= 11 is 0. The molecule has 0 aromatic rings. The van der Waals surface area contributed by atoms with Crippen LogP contribution >= 0.6 is 0 Å². The Labute approximate surface area is 90.7 Å². The van der Waals surface area contributed by atoms with Gasteiger partial charge < -0.3 is 4.74 Å². The smallest absolute Gasteiger partial charge is 0.348 e. The maximum absolute atomic E-state index is 11.4. The molecule has 3 heteroatoms. The highest BCUT2D eigenvalue weighted by Crippen LogP contribution is 2.34. The first kappa shape index (κ1) is 11.8. The van der Waals surface area contributed by atoms with Crippen LogP contribution in [0.1, 0.15) is 33.1 Å². The number of hydrogen-bond acceptors (Lipinski definition) is 3. The Kier molecular flexibility index (Phi) is 3.90. The molecule has 0 heterocycles. The van der Waals surface area contributed by atoms with Crippen molar-refractivity contribution >= 4 is 5.97 Å². The van der Waals surface area contributed by atoms with E-state index in [0.717, 1.165) is 24.8 Å². The van der Waals surface area contributed by atoms with Gasteiger partial charge in [-0.3, -0.25) is 0 Å². The van der Waals surface area contributed by atoms with Gasteiger partial charge in [0.15, 0.2) is 0 Å². The third kappa shape index (κ3) is 2.59. The molecule has 0 radical (unpaired) electrons. The van der Waals surface area contributed by atoms with E-state index in [4.69, 9.17) is 5.26 Å². The highest BCUT2D eigenvalue weighted by Gasteiger charge is 2.25. The number of carbonyl (C=O) groups is 1. The van der Waals surface area contributed by atoms with Crippen molar-refractivity contribution in [3.8, 4) is 6.07 Å². The summed E-state index contributed by atoms with van der Waals surface area (Å²) in [6.07, 6.45) is 2.96. The van der Waals surface area contributed by atoms with Crippen LogP contribution in [0, 0.1) is 23.2 Å². The van der Waals surface area contributed by atoms with Crippen molar-refractivity contribution in [1.82, 2.24) is 0 Å². The van der Waals surface area contributed by atoms with Gasteiger partial charge in [-0.15, -0.1) is 0 Å². The van der Waals surface area contributed by atoms with Gasteiger partial charge in [-0.1, -0.05) is 13.8 Å². The van der Waals surface area contributed by atoms with Gasteiger partial charge in [0.2, 0.25) is 0 Å². The first-order valence-corrected chi connectivity index (χ1v) is 5.31. The van der Waals surface area contributed by atoms with Crippen molar-refractivity contribution in [2.75, 3.05) is 7.11 Å². The lowest BCUT2D eigenvalue weighted by molar-refractivity contribution is -0.135. The highest BCUT2D eigenvalue weighted by atomic mass is 16.5. The first-order chi connectivity index (χ1) is 7.10. The lowest BCUT2D eigenvalue weighted by atomic mass is 9.78. The molecule has 82 valence electrons. The lowest BCUT2D eigenvalue weighted by Gasteiger charge is -2.27. The molecule has 0 aromatic heterocycles. The number of rotatable bonds is 1. The van der Waals surface area contributed by atoms with Crippen molar-refractivity contribution < 1.29 is 9.53 Å². The van der Waals surface area contributed by atoms with Crippen LogP contribution in [0.15, 0.2) is 11.1 Å². The second-order valence-corrected chi connectivity index (χ2v) is 4.28. The van der Waals surface area contributed by atoms with Crippen molar-refractivity contribution in [3.63, 3.8) is 0 Å². The van der Waals surface area contributed by atoms with E-state index in [1.165, 1.54) is 7.11 Å². The second-order valence-electron chi connectivity index (χ2n) is 4.28. The van der Waals surface area contributed by atoms with E-state index < -0.39 is 5.97 Å². The van der Waals surface area contributed by atoms with Gasteiger partial charge >= 0.3 is 5.97 Å². The predicted molar refractivity (Wildman–Crippen MR) is 56.8 cm³/mol. The van der Waals surface area contributed by atoms with Crippen molar-refractivity contribution in [3.05, 3.63) is 11.1 Å². The number of carbonyl (C=O) groups excluding carboxylic acids is 1. The van der Waals surface area contributed by atoms with Gasteiger partial charge in [-0.05, 0) is 36.7 Å². The molecular formula is C12H17NO2. The number of methoxy groups -OCH3 is 1. The Balaban J connectivity index is 2.96. The Morgan fingerprint density at radius 3 is 2.67 bits per heavy atom. The fourth-order valence-electron chi connectivity index (χ4n) is 2.23. The molecule has 0 amide bonds. The van der Waals surface area contributed by atoms with Crippen molar-refractivity contribution in [2.24, 2.45) is 11.8 Å². The molecule has 0 N–H and O–H groups in total. The van der Waals surface area contributed by atoms with Crippen LogP contribution in [-0.2, 0) is 9.53 Å². The molecule has 1 fully saturated rings. The molecule has 1 aliphatic rings. The average molecular weight is 207 g/mol. The molecule has 0 aliphatic heterocycles. The van der Waals surface area contributed by atoms with Crippen LogP contribution in [0.3, 0.4) is 0 Å². The number of ether oxygens (including phenoxy) is 1. The van der Waals surface area contributed by atoms with Gasteiger partial charge in [-0.2, -0.15) is 5.26 Å². The fraction of sp³-hybridized carbons (Fsp3) is 0.667. The number of esters is 1. The van der Waals surface area contributed by atoms with Crippen molar-refractivity contribution in [2.45, 2.75) is 33.1 Å². The molecule has 15 heavy (non-hydrogen) atoms. The van der Waals surface area contributed by atoms with Crippen molar-refractivity contribution in [1.29, 1.82) is 5.26 Å². The van der Waals surface area contributed by atoms with Crippen LogP contribution in [0.5, 0.6) is 0 Å². The van der Waals surface area contributed by atoms with Gasteiger partial charge in [0.05, 0.1) is 7.11 Å². The van der Waals surface area contributed by atoms with E-state index in [0.29, 0.717) is 11.8 Å². The zero-order valence-electron chi connectivity index (χ0n) is 9.54. The van der Waals surface area contributed by atoms with E-state index in [1.54, 1.807) is 0 Å². The average Bonchev–Trinajstić information content (AvgIpc) is 2.21. The Bertz CT molecular complexity index is 325. The summed E-state index contributed by atoms with van der Waals surface area (Å²) in [5.41, 5.74) is 1.19. The Morgan fingerprint density at radius 1 is 1.53 bits per heavy atom. The van der Waals surface area contributed by atoms with Crippen LogP contribution in [0.25, 0.3) is 0 Å². The molecule has 2 atom stereocenters. The molecule has 3 nitrogen and oxygen atoms in total. The van der Waals surface area contributed by atoms with Gasteiger partial charge in [0, 0.05) is 0 Å². The summed E-state index contributed by atoms with van der Waals surface area (Å²) in [6, 6.07) is 1.97. The maximum atomic E-state index is 11.4. The zero-order chi connectivity index (χ0) is 11.4. The molecule has 0 spiro atoms. The fourth-order valence-corrected chi connectivity index (χ4v) is 2.23. The molecule has 0 bridgehead atoms. The molecule has 0 aromatic carbocycles. The standard InChI is InChI=1S/C12H17NO2/c1-8-4-5-10(9(2)6-8)11(7-13)12(14)15-3/h8-9H,4-6H2,1-3H3/b11-10-. The minimum atomic E-state index is -0.492. The third-order valence-electron chi connectivity index (χ3n) is 3.08. The largest absolute Gasteiger partial charge is 0.465 e. The van der Waals surface area contributed by atoms with Crippen LogP contribution in [-0.4, -0.2) is 13.1 Å². The highest BCUT2D eigenvalue weighted by molar-refractivity contribution is 5.93. The normalized spacial score (nSPS) is 29.2. The topological polar surface area (TPSA) is 50.1 Å². The third-order valence-corrected chi connectivity index (χ3v) is 3.08. The van der Waals surface area contributed by atoms with E-state index in [2.05, 4.69) is 18.6 Å². The van der Waals surface area contributed by atoms with E-state index in [1.807, 2.05) is 6.07 Å². The number of hydrogen-bond donors (Lipinski definition) is 0. The molecule has 1 aliphatic carbocycles. The maximum Gasteiger partial charge on any atom is 0.348 e. The minimum Gasteiger partial charge on any atom is -0.465 e. The second kappa shape index (κ2) is 4.97. The van der Waals surface area contributed by atoms with Gasteiger partial charge in [-0.25, -0.2) is 4.79 Å². The monoisotopic (exact) mass is 207 g/mol. The van der Waals surface area contributed by atoms with Crippen LogP contribution in [0.4, 0.5) is 0 Å². The zero-order valence-corrected chi connectivity index (χ0v) is 9.54. The Hall–Kier alpha value is -1.30. The molecule has 2 unspecified atom stereocenters. The van der Waals surface area contributed by atoms with Crippen LogP contribution < -0.4 is 0 Å². The summed E-state index contributed by atoms with van der Waals surface area (Å²) in [6.45, 7) is 4.28. The number of nitriles is 1. The molecule has 0 saturated heterocycles. The lowest BCUT2D eigenvalue weighted by Crippen LogP contribution is -2.18. The van der Waals surface area contributed by atoms with E-state index in [-0.39, 0.29) is 5.57 Å². The summed E-state index contributed by atoms with van der Waals surface area (Å²) in [7, 11) is 1.32. The quantitative estimate of drug-likeness (QED) is 0.377. The van der Waals surface area contributed by atoms with Gasteiger partial charge in [0.1, 0.15) is 11.6 Å². The first-order valence-electron chi connectivity index (χ1n) is 5.31. The Morgan fingerprint density at radius 2 is 2.20 bits per heavy atom. The predicted octanol–water partition coefficient (Wildman–Crippen LogP) is 2.44. The molecule has 1 saturated carbocycles. The van der Waals surface area contributed by atoms with E-state index in [9.17, 15) is 4.79 Å². The van der Waals surface area contributed by atoms with Crippen LogP contribution in [0.2, 0.25) is 0 Å². The molecular weight excluding hydrogens is 190 g/mol. The summed E-state index contributed by atoms with van der Waals surface area (Å²) in [5.74, 6) is 0.512. The number of allylic oxidation sites excluding steroid dienone is 1. The SMILES string of the molecule is COC(=O)/C(C#N)=C1/CCC(C)CC1C. The summed E-state index contributed by atoms with van der Waals surface area (Å²) in [5, 5.41) is 8.95. The summed E-state index contributed by atoms with van der Waals surface area (Å²) < 4.78 is 4.61. The van der Waals surface area contributed by atoms with Gasteiger partial charge in [0.25, 0.3) is 0 Å². The number of nitrogens with zero attached hydrogens (tertiary/aromatic N) is 1. The minimum absolute atomic E-state index is 0.219. The summed E-state index contributed by atoms with van der Waals surface area (Å²) in [4.78, 5) is 11.4. The molecule has 1 rings (SSSR count).